The van der Waals surface area contributed by atoms with Gasteiger partial charge in [-0.3, -0.25) is 0 Å². The molecule has 2 heteroatoms. The molecule has 0 aliphatic heterocycles. The number of terminal acetylenes is 1. The zero-order chi connectivity index (χ0) is 12.1. The summed E-state index contributed by atoms with van der Waals surface area (Å²) < 4.78 is 0. The highest BCUT2D eigenvalue weighted by Gasteiger charge is 2.04. The van der Waals surface area contributed by atoms with Crippen LogP contribution < -0.4 is 5.32 Å². The average Bonchev–Trinajstić information content (AvgIpc) is 2.39. The van der Waals surface area contributed by atoms with Crippen molar-refractivity contribution in [1.82, 2.24) is 0 Å². The van der Waals surface area contributed by atoms with Crippen LogP contribution in [-0.4, -0.2) is 6.54 Å². The molecule has 2 rings (SSSR count). The summed E-state index contributed by atoms with van der Waals surface area (Å²) >= 11 is 0. The number of hydrogen-bond acceptors (Lipinski definition) is 2. The molecule has 0 heterocycles. The van der Waals surface area contributed by atoms with Crippen LogP contribution in [0.25, 0.3) is 10.8 Å². The van der Waals surface area contributed by atoms with Crippen LogP contribution in [0.3, 0.4) is 0 Å². The van der Waals surface area contributed by atoms with E-state index in [1.807, 2.05) is 36.4 Å². The molecule has 0 radical (unpaired) electrons. The fourth-order valence-electron chi connectivity index (χ4n) is 1.82. The molecule has 0 spiro atoms. The SMILES string of the molecule is C#CCCNc1ccc(C#N)c2ccccc12. The third-order valence-electron chi connectivity index (χ3n) is 2.63. The van der Waals surface area contributed by atoms with Crippen LogP contribution in [0.4, 0.5) is 5.69 Å². The van der Waals surface area contributed by atoms with Crippen LogP contribution >= 0.6 is 0 Å². The molecule has 2 aromatic carbocycles. The number of rotatable bonds is 3. The van der Waals surface area contributed by atoms with Crippen LogP contribution in [-0.2, 0) is 0 Å². The normalized spacial score (nSPS) is 9.53. The molecule has 2 nitrogen and oxygen atoms in total. The van der Waals surface area contributed by atoms with Crippen LogP contribution in [0.5, 0.6) is 0 Å². The molecule has 0 aliphatic carbocycles. The molecule has 0 fully saturated rings. The number of nitrogens with one attached hydrogen (secondary N) is 1. The molecular formula is C15H12N2. The minimum atomic E-state index is 0.689. The van der Waals surface area contributed by atoms with Crippen molar-refractivity contribution < 1.29 is 0 Å². The molecule has 17 heavy (non-hydrogen) atoms. The van der Waals surface area contributed by atoms with Gasteiger partial charge >= 0.3 is 0 Å². The van der Waals surface area contributed by atoms with Crippen molar-refractivity contribution in [3.63, 3.8) is 0 Å². The zero-order valence-corrected chi connectivity index (χ0v) is 9.40. The molecule has 0 atom stereocenters. The van der Waals surface area contributed by atoms with Gasteiger partial charge in [0.05, 0.1) is 11.6 Å². The van der Waals surface area contributed by atoms with Gasteiger partial charge in [0.15, 0.2) is 0 Å². The Balaban J connectivity index is 2.45. The van der Waals surface area contributed by atoms with Crippen LogP contribution in [0, 0.1) is 23.7 Å². The third kappa shape index (κ3) is 2.22. The minimum absolute atomic E-state index is 0.689. The topological polar surface area (TPSA) is 35.8 Å². The van der Waals surface area contributed by atoms with Crippen molar-refractivity contribution in [2.75, 3.05) is 11.9 Å². The molecule has 0 amide bonds. The summed E-state index contributed by atoms with van der Waals surface area (Å²) in [5.74, 6) is 2.59. The van der Waals surface area contributed by atoms with E-state index in [4.69, 9.17) is 11.7 Å². The van der Waals surface area contributed by atoms with Crippen molar-refractivity contribution in [1.29, 1.82) is 5.26 Å². The minimum Gasteiger partial charge on any atom is -0.384 e. The Morgan fingerprint density at radius 2 is 1.88 bits per heavy atom. The second kappa shape index (κ2) is 5.05. The van der Waals surface area contributed by atoms with Crippen LogP contribution in [0.15, 0.2) is 36.4 Å². The quantitative estimate of drug-likeness (QED) is 0.637. The zero-order valence-electron chi connectivity index (χ0n) is 9.40. The molecule has 0 aromatic heterocycles. The van der Waals surface area contributed by atoms with Gasteiger partial charge in [-0.15, -0.1) is 12.3 Å². The van der Waals surface area contributed by atoms with Gasteiger partial charge < -0.3 is 5.32 Å². The molecule has 0 saturated carbocycles. The maximum atomic E-state index is 9.04. The number of hydrogen-bond donors (Lipinski definition) is 1. The van der Waals surface area contributed by atoms with E-state index in [-0.39, 0.29) is 0 Å². The van der Waals surface area contributed by atoms with Crippen molar-refractivity contribution in [2.24, 2.45) is 0 Å². The lowest BCUT2D eigenvalue weighted by molar-refractivity contribution is 1.10. The highest BCUT2D eigenvalue weighted by Crippen LogP contribution is 2.26. The van der Waals surface area contributed by atoms with Gasteiger partial charge in [-0.1, -0.05) is 24.3 Å². The van der Waals surface area contributed by atoms with E-state index in [1.54, 1.807) is 0 Å². The van der Waals surface area contributed by atoms with E-state index in [9.17, 15) is 0 Å². The Labute approximate surface area is 101 Å². The molecule has 0 saturated heterocycles. The highest BCUT2D eigenvalue weighted by atomic mass is 14.9. The van der Waals surface area contributed by atoms with Gasteiger partial charge in [0.2, 0.25) is 0 Å². The first kappa shape index (κ1) is 11.0. The standard InChI is InChI=1S/C15H12N2/c1-2-3-10-17-15-9-8-12(11-16)13-6-4-5-7-14(13)15/h1,4-9,17H,3,10H2. The summed E-state index contributed by atoms with van der Waals surface area (Å²) in [5, 5.41) is 14.4. The summed E-state index contributed by atoms with van der Waals surface area (Å²) in [4.78, 5) is 0. The molecule has 0 bridgehead atoms. The molecule has 0 unspecified atom stereocenters. The van der Waals surface area contributed by atoms with Gasteiger partial charge in [0, 0.05) is 29.4 Å². The second-order valence-electron chi connectivity index (χ2n) is 3.70. The molecule has 0 aliphatic rings. The first-order valence-electron chi connectivity index (χ1n) is 5.46. The predicted octanol–water partition coefficient (Wildman–Crippen LogP) is 3.15. The van der Waals surface area contributed by atoms with Crippen molar-refractivity contribution in [2.45, 2.75) is 6.42 Å². The summed E-state index contributed by atoms with van der Waals surface area (Å²) in [6.45, 7) is 0.742. The van der Waals surface area contributed by atoms with Crippen molar-refractivity contribution in [3.05, 3.63) is 42.0 Å². The van der Waals surface area contributed by atoms with Gasteiger partial charge in [0.25, 0.3) is 0 Å². The number of benzene rings is 2. The molecular weight excluding hydrogens is 208 g/mol. The number of nitrogens with zero attached hydrogens (tertiary/aromatic N) is 1. The number of fused-ring (bicyclic) bond motifs is 1. The van der Waals surface area contributed by atoms with Crippen LogP contribution in [0.2, 0.25) is 0 Å². The summed E-state index contributed by atoms with van der Waals surface area (Å²) in [7, 11) is 0. The Bertz CT molecular complexity index is 615. The number of anilines is 1. The lowest BCUT2D eigenvalue weighted by Gasteiger charge is -2.09. The monoisotopic (exact) mass is 220 g/mol. The highest BCUT2D eigenvalue weighted by molar-refractivity contribution is 5.97. The second-order valence-corrected chi connectivity index (χ2v) is 3.70. The predicted molar refractivity (Wildman–Crippen MR) is 70.6 cm³/mol. The fraction of sp³-hybridized carbons (Fsp3) is 0.133. The average molecular weight is 220 g/mol. The van der Waals surface area contributed by atoms with Crippen molar-refractivity contribution in [3.8, 4) is 18.4 Å². The van der Waals surface area contributed by atoms with E-state index in [1.165, 1.54) is 0 Å². The molecule has 1 N–H and O–H groups in total. The van der Waals surface area contributed by atoms with Gasteiger partial charge in [0.1, 0.15) is 0 Å². The van der Waals surface area contributed by atoms with Gasteiger partial charge in [-0.05, 0) is 12.1 Å². The Morgan fingerprint density at radius 1 is 1.12 bits per heavy atom. The Morgan fingerprint density at radius 3 is 2.59 bits per heavy atom. The van der Waals surface area contributed by atoms with E-state index >= 15 is 0 Å². The fourth-order valence-corrected chi connectivity index (χ4v) is 1.82. The first-order chi connectivity index (χ1) is 8.36. The van der Waals surface area contributed by atoms with E-state index in [0.717, 1.165) is 23.0 Å². The first-order valence-corrected chi connectivity index (χ1v) is 5.46. The molecule has 82 valence electrons. The van der Waals surface area contributed by atoms with E-state index < -0.39 is 0 Å². The maximum Gasteiger partial charge on any atom is 0.0998 e. The maximum absolute atomic E-state index is 9.04. The Hall–Kier alpha value is -2.45. The summed E-state index contributed by atoms with van der Waals surface area (Å²) in [6, 6.07) is 13.8. The Kier molecular flexibility index (Phi) is 3.28. The molecule has 2 aromatic rings. The lowest BCUT2D eigenvalue weighted by atomic mass is 10.0. The van der Waals surface area contributed by atoms with Gasteiger partial charge in [-0.25, -0.2) is 0 Å². The lowest BCUT2D eigenvalue weighted by Crippen LogP contribution is -2.01. The third-order valence-corrected chi connectivity index (χ3v) is 2.63. The van der Waals surface area contributed by atoms with Gasteiger partial charge in [-0.2, -0.15) is 5.26 Å². The smallest absolute Gasteiger partial charge is 0.0998 e. The largest absolute Gasteiger partial charge is 0.384 e. The summed E-state index contributed by atoms with van der Waals surface area (Å²) in [6.07, 6.45) is 5.91. The summed E-state index contributed by atoms with van der Waals surface area (Å²) in [5.41, 5.74) is 1.72. The van der Waals surface area contributed by atoms with E-state index in [2.05, 4.69) is 17.3 Å². The van der Waals surface area contributed by atoms with Crippen LogP contribution in [0.1, 0.15) is 12.0 Å². The van der Waals surface area contributed by atoms with E-state index in [0.29, 0.717) is 12.0 Å². The number of nitriles is 1. The van der Waals surface area contributed by atoms with Crippen molar-refractivity contribution >= 4 is 16.5 Å².